The lowest BCUT2D eigenvalue weighted by atomic mass is 9.96. The lowest BCUT2D eigenvalue weighted by molar-refractivity contribution is 0.154. The molecule has 1 N–H and O–H groups in total. The largest absolute Gasteiger partial charge is 0.331 e. The summed E-state index contributed by atoms with van der Waals surface area (Å²) < 4.78 is 1.95. The van der Waals surface area contributed by atoms with E-state index >= 15 is 0 Å². The van der Waals surface area contributed by atoms with Crippen LogP contribution in [-0.2, 0) is 13.1 Å². The number of hydrogen-bond donors (Lipinski definition) is 1. The molecule has 0 aliphatic carbocycles. The molecule has 1 aromatic rings. The summed E-state index contributed by atoms with van der Waals surface area (Å²) in [4.78, 5) is 16.8. The second-order valence-corrected chi connectivity index (χ2v) is 6.63. The van der Waals surface area contributed by atoms with Crippen molar-refractivity contribution < 1.29 is 4.79 Å². The Labute approximate surface area is 138 Å². The summed E-state index contributed by atoms with van der Waals surface area (Å²) in [5, 5.41) is 10.9. The zero-order valence-corrected chi connectivity index (χ0v) is 14.1. The van der Waals surface area contributed by atoms with Gasteiger partial charge in [-0.3, -0.25) is 0 Å². The molecule has 2 saturated heterocycles. The minimum absolute atomic E-state index is 0.0234. The molecule has 3 rings (SSSR count). The highest BCUT2D eigenvalue weighted by Gasteiger charge is 2.25. The van der Waals surface area contributed by atoms with E-state index in [1.807, 2.05) is 16.4 Å². The highest BCUT2D eigenvalue weighted by Crippen LogP contribution is 2.20. The summed E-state index contributed by atoms with van der Waals surface area (Å²) in [7, 11) is 0. The van der Waals surface area contributed by atoms with Gasteiger partial charge in [-0.15, -0.1) is 10.2 Å². The molecule has 1 aromatic heterocycles. The number of amides is 2. The summed E-state index contributed by atoms with van der Waals surface area (Å²) >= 11 is 0. The van der Waals surface area contributed by atoms with Crippen LogP contribution in [0, 0.1) is 5.92 Å². The van der Waals surface area contributed by atoms with E-state index in [9.17, 15) is 4.79 Å². The van der Waals surface area contributed by atoms with Gasteiger partial charge in [0.1, 0.15) is 6.33 Å². The van der Waals surface area contributed by atoms with E-state index in [-0.39, 0.29) is 6.03 Å². The molecule has 0 spiro atoms. The van der Waals surface area contributed by atoms with Crippen molar-refractivity contribution in [1.29, 1.82) is 0 Å². The molecular formula is C16H28N6O. The summed E-state index contributed by atoms with van der Waals surface area (Å²) in [5.41, 5.74) is 0. The molecule has 128 valence electrons. The van der Waals surface area contributed by atoms with E-state index in [1.165, 1.54) is 32.5 Å². The van der Waals surface area contributed by atoms with E-state index < -0.39 is 0 Å². The Morgan fingerprint density at radius 1 is 1.26 bits per heavy atom. The van der Waals surface area contributed by atoms with E-state index in [4.69, 9.17) is 0 Å². The highest BCUT2D eigenvalue weighted by atomic mass is 16.2. The van der Waals surface area contributed by atoms with Gasteiger partial charge in [0.05, 0.1) is 6.54 Å². The molecule has 0 unspecified atom stereocenters. The predicted molar refractivity (Wildman–Crippen MR) is 87.9 cm³/mol. The van der Waals surface area contributed by atoms with Crippen molar-refractivity contribution >= 4 is 6.03 Å². The molecule has 3 heterocycles. The summed E-state index contributed by atoms with van der Waals surface area (Å²) in [6.07, 6.45) is 6.64. The maximum Gasteiger partial charge on any atom is 0.317 e. The smallest absolute Gasteiger partial charge is 0.317 e. The molecule has 7 heteroatoms. The quantitative estimate of drug-likeness (QED) is 0.888. The van der Waals surface area contributed by atoms with Gasteiger partial charge in [-0.1, -0.05) is 0 Å². The van der Waals surface area contributed by atoms with Crippen LogP contribution in [0.4, 0.5) is 4.79 Å². The Kier molecular flexibility index (Phi) is 5.48. The molecule has 2 fully saturated rings. The molecule has 2 amide bonds. The molecule has 0 radical (unpaired) electrons. The molecular weight excluding hydrogens is 292 g/mol. The molecule has 0 saturated carbocycles. The number of rotatable bonds is 5. The lowest BCUT2D eigenvalue weighted by Crippen LogP contribution is -2.45. The van der Waals surface area contributed by atoms with Crippen molar-refractivity contribution in [2.45, 2.75) is 45.7 Å². The number of piperidine rings is 1. The van der Waals surface area contributed by atoms with Crippen molar-refractivity contribution in [3.63, 3.8) is 0 Å². The molecule has 0 aromatic carbocycles. The third-order valence-corrected chi connectivity index (χ3v) is 5.05. The predicted octanol–water partition coefficient (Wildman–Crippen LogP) is 1.32. The average molecular weight is 320 g/mol. The van der Waals surface area contributed by atoms with Crippen LogP contribution in [0.1, 0.15) is 38.4 Å². The summed E-state index contributed by atoms with van der Waals surface area (Å²) in [6.45, 7) is 8.78. The number of carbonyl (C=O) groups excluding carboxylic acids is 1. The van der Waals surface area contributed by atoms with Crippen molar-refractivity contribution in [2.75, 3.05) is 32.7 Å². The fourth-order valence-electron chi connectivity index (χ4n) is 3.60. The van der Waals surface area contributed by atoms with Crippen molar-refractivity contribution in [3.05, 3.63) is 12.2 Å². The minimum atomic E-state index is 0.0234. The van der Waals surface area contributed by atoms with Crippen molar-refractivity contribution in [3.8, 4) is 0 Å². The second kappa shape index (κ2) is 7.77. The van der Waals surface area contributed by atoms with Gasteiger partial charge in [0, 0.05) is 26.2 Å². The molecule has 23 heavy (non-hydrogen) atoms. The van der Waals surface area contributed by atoms with Crippen LogP contribution in [0.5, 0.6) is 0 Å². The molecule has 2 aliphatic rings. The maximum absolute atomic E-state index is 12.3. The third kappa shape index (κ3) is 4.22. The monoisotopic (exact) mass is 320 g/mol. The SMILES string of the molecule is CCn1cnnc1CNC(=O)N1CCC(CN2CCCC2)CC1. The van der Waals surface area contributed by atoms with Gasteiger partial charge >= 0.3 is 6.03 Å². The second-order valence-electron chi connectivity index (χ2n) is 6.63. The first-order chi connectivity index (χ1) is 11.3. The fraction of sp³-hybridized carbons (Fsp3) is 0.812. The Morgan fingerprint density at radius 3 is 2.70 bits per heavy atom. The number of urea groups is 1. The standard InChI is InChI=1S/C16H28N6O/c1-2-21-13-18-19-15(21)11-17-16(23)22-9-5-14(6-10-22)12-20-7-3-4-8-20/h13-14H,2-12H2,1H3,(H,17,23). The number of carbonyl (C=O) groups is 1. The first kappa shape index (κ1) is 16.2. The Morgan fingerprint density at radius 2 is 2.00 bits per heavy atom. The van der Waals surface area contributed by atoms with Gasteiger partial charge in [-0.2, -0.15) is 0 Å². The van der Waals surface area contributed by atoms with Crippen LogP contribution in [-0.4, -0.2) is 63.3 Å². The van der Waals surface area contributed by atoms with Gasteiger partial charge in [-0.05, 0) is 51.6 Å². The number of aryl methyl sites for hydroxylation is 1. The molecule has 2 aliphatic heterocycles. The minimum Gasteiger partial charge on any atom is -0.331 e. The molecule has 7 nitrogen and oxygen atoms in total. The first-order valence-electron chi connectivity index (χ1n) is 8.88. The normalized spacial score (nSPS) is 20.1. The Hall–Kier alpha value is -1.63. The van der Waals surface area contributed by atoms with E-state index in [0.717, 1.165) is 44.2 Å². The summed E-state index contributed by atoms with van der Waals surface area (Å²) in [5.74, 6) is 1.56. The average Bonchev–Trinajstić information content (AvgIpc) is 3.24. The van der Waals surface area contributed by atoms with Crippen molar-refractivity contribution in [1.82, 2.24) is 29.9 Å². The zero-order valence-electron chi connectivity index (χ0n) is 14.1. The van der Waals surface area contributed by atoms with E-state index in [2.05, 4.69) is 20.4 Å². The Bertz CT molecular complexity index is 502. The highest BCUT2D eigenvalue weighted by molar-refractivity contribution is 5.74. The van der Waals surface area contributed by atoms with Crippen LogP contribution in [0.15, 0.2) is 6.33 Å². The fourth-order valence-corrected chi connectivity index (χ4v) is 3.60. The summed E-state index contributed by atoms with van der Waals surface area (Å²) in [6, 6.07) is 0.0234. The van der Waals surface area contributed by atoms with Gasteiger partial charge in [0.15, 0.2) is 5.82 Å². The van der Waals surface area contributed by atoms with Gasteiger partial charge < -0.3 is 19.7 Å². The topological polar surface area (TPSA) is 66.3 Å². The van der Waals surface area contributed by atoms with Crippen LogP contribution < -0.4 is 5.32 Å². The number of nitrogens with zero attached hydrogens (tertiary/aromatic N) is 5. The number of aromatic nitrogens is 3. The Balaban J connectivity index is 1.39. The first-order valence-corrected chi connectivity index (χ1v) is 8.88. The maximum atomic E-state index is 12.3. The van der Waals surface area contributed by atoms with Crippen LogP contribution in [0.2, 0.25) is 0 Å². The van der Waals surface area contributed by atoms with Gasteiger partial charge in [0.2, 0.25) is 0 Å². The zero-order chi connectivity index (χ0) is 16.1. The number of nitrogens with one attached hydrogen (secondary N) is 1. The van der Waals surface area contributed by atoms with E-state index in [1.54, 1.807) is 6.33 Å². The number of hydrogen-bond acceptors (Lipinski definition) is 4. The van der Waals surface area contributed by atoms with Crippen LogP contribution in [0.25, 0.3) is 0 Å². The van der Waals surface area contributed by atoms with E-state index in [0.29, 0.717) is 6.54 Å². The van der Waals surface area contributed by atoms with Crippen LogP contribution in [0.3, 0.4) is 0 Å². The van der Waals surface area contributed by atoms with Crippen molar-refractivity contribution in [2.24, 2.45) is 5.92 Å². The van der Waals surface area contributed by atoms with Gasteiger partial charge in [-0.25, -0.2) is 4.79 Å². The lowest BCUT2D eigenvalue weighted by Gasteiger charge is -2.33. The number of likely N-dealkylation sites (tertiary alicyclic amines) is 2. The molecule has 0 bridgehead atoms. The van der Waals surface area contributed by atoms with Crippen LogP contribution >= 0.6 is 0 Å². The third-order valence-electron chi connectivity index (χ3n) is 5.05. The van der Waals surface area contributed by atoms with Gasteiger partial charge in [0.25, 0.3) is 0 Å². The molecule has 0 atom stereocenters.